The monoisotopic (exact) mass is 889 g/mol. The molecule has 2 aliphatic heterocycles. The number of hydrazone groups is 1. The van der Waals surface area contributed by atoms with E-state index in [1.54, 1.807) is 103 Å². The van der Waals surface area contributed by atoms with Crippen molar-refractivity contribution in [3.63, 3.8) is 0 Å². The molecule has 65 heavy (non-hydrogen) atoms. The normalized spacial score (nSPS) is 14.4. The number of rotatable bonds is 14. The van der Waals surface area contributed by atoms with E-state index in [1.165, 1.54) is 28.5 Å². The number of nitrogens with one attached hydrogen (secondary N) is 3. The Hall–Kier alpha value is -8.13. The molecule has 2 aliphatic rings. The Labute approximate surface area is 375 Å². The van der Waals surface area contributed by atoms with Gasteiger partial charge in [-0.25, -0.2) is 5.43 Å². The molecular weight excluding hydrogens is 851 g/mol. The second kappa shape index (κ2) is 19.5. The molecule has 0 saturated carbocycles. The van der Waals surface area contributed by atoms with Gasteiger partial charge in [0.25, 0.3) is 11.8 Å². The molecule has 1 fully saturated rings. The summed E-state index contributed by atoms with van der Waals surface area (Å²) in [5.74, 6) is 4.42. The Bertz CT molecular complexity index is 2930. The largest absolute Gasteiger partial charge is 0.508 e. The van der Waals surface area contributed by atoms with Crippen LogP contribution in [0.25, 0.3) is 20.5 Å². The smallest absolute Gasteiger partial charge is 0.271 e. The third-order valence-corrected chi connectivity index (χ3v) is 11.8. The highest BCUT2D eigenvalue weighted by atomic mass is 32.1. The zero-order chi connectivity index (χ0) is 45.5. The third-order valence-electron chi connectivity index (χ3n) is 10.6. The second-order valence-corrected chi connectivity index (χ2v) is 16.0. The molecule has 5 N–H and O–H groups in total. The molecule has 0 bridgehead atoms. The fourth-order valence-electron chi connectivity index (χ4n) is 7.34. The molecule has 0 spiro atoms. The van der Waals surface area contributed by atoms with E-state index in [0.717, 1.165) is 10.3 Å². The quantitative estimate of drug-likeness (QED) is 0.0238. The van der Waals surface area contributed by atoms with Crippen molar-refractivity contribution in [2.75, 3.05) is 26.4 Å². The number of imide groups is 1. The number of piperidine rings is 1. The molecule has 0 aliphatic carbocycles. The number of hydrogen-bond acceptors (Lipinski definition) is 12. The van der Waals surface area contributed by atoms with E-state index in [1.807, 2.05) is 0 Å². The van der Waals surface area contributed by atoms with Crippen LogP contribution in [0.3, 0.4) is 0 Å². The number of aromatic hydroxyl groups is 2. The molecule has 5 amide bonds. The standard InChI is InChI=1S/C49H39N5O10S/c55-34-14-12-32(13-15-34)46-44(38-19-16-35(56)25-41(38)65-46)45(59)31-8-10-33(11-9-31)47(60)53-51-26-29-6-17-36(18-7-29)64-24-23-63-28-43(58)50-22-2-4-30-3-1-5-37-39(30)27-54(49(37)62)40-20-21-42(57)52-48(40)61/h1,3,5-19,25-26,40,55-56H,20-24,27-28H2,(H,50,58)(H,53,60)(H,52,57,61). The van der Waals surface area contributed by atoms with Gasteiger partial charge in [-0.05, 0) is 114 Å². The van der Waals surface area contributed by atoms with Crippen LogP contribution in [0.4, 0.5) is 0 Å². The topological polar surface area (TPSA) is 213 Å². The molecule has 5 aromatic carbocycles. The fourth-order valence-corrected chi connectivity index (χ4v) is 8.58. The highest BCUT2D eigenvalue weighted by Crippen LogP contribution is 2.41. The number of thiophene rings is 1. The number of nitrogens with zero attached hydrogens (tertiary/aromatic N) is 2. The van der Waals surface area contributed by atoms with E-state index in [9.17, 15) is 39.0 Å². The lowest BCUT2D eigenvalue weighted by molar-refractivity contribution is -0.137. The summed E-state index contributed by atoms with van der Waals surface area (Å²) < 4.78 is 11.9. The van der Waals surface area contributed by atoms with Crippen LogP contribution in [0.15, 0.2) is 114 Å². The van der Waals surface area contributed by atoms with E-state index in [-0.39, 0.29) is 80.8 Å². The summed E-state index contributed by atoms with van der Waals surface area (Å²) in [5.41, 5.74) is 6.82. The highest BCUT2D eigenvalue weighted by molar-refractivity contribution is 7.22. The average Bonchev–Trinajstić information content (AvgIpc) is 3.85. The fraction of sp³-hybridized carbons (Fsp3) is 0.163. The average molecular weight is 890 g/mol. The Balaban J connectivity index is 0.750. The number of ether oxygens (including phenoxy) is 2. The lowest BCUT2D eigenvalue weighted by Crippen LogP contribution is -2.52. The summed E-state index contributed by atoms with van der Waals surface area (Å²) in [6.45, 7) is 0.382. The van der Waals surface area contributed by atoms with Crippen LogP contribution >= 0.6 is 11.3 Å². The Morgan fingerprint density at radius 1 is 0.892 bits per heavy atom. The third kappa shape index (κ3) is 10.1. The van der Waals surface area contributed by atoms with Crippen LogP contribution in [-0.4, -0.2) is 89.1 Å². The van der Waals surface area contributed by atoms with Gasteiger partial charge < -0.3 is 29.9 Å². The molecule has 15 nitrogen and oxygen atoms in total. The number of fused-ring (bicyclic) bond motifs is 2. The molecule has 3 heterocycles. The first-order chi connectivity index (χ1) is 31.5. The van der Waals surface area contributed by atoms with Crippen molar-refractivity contribution < 1.29 is 48.5 Å². The van der Waals surface area contributed by atoms with Crippen LogP contribution in [0.1, 0.15) is 66.2 Å². The molecule has 326 valence electrons. The number of ketones is 1. The predicted molar refractivity (Wildman–Crippen MR) is 241 cm³/mol. The van der Waals surface area contributed by atoms with Crippen LogP contribution in [0.5, 0.6) is 17.2 Å². The maximum Gasteiger partial charge on any atom is 0.271 e. The summed E-state index contributed by atoms with van der Waals surface area (Å²) in [7, 11) is 0. The Morgan fingerprint density at radius 2 is 1.65 bits per heavy atom. The number of hydrogen-bond donors (Lipinski definition) is 5. The van der Waals surface area contributed by atoms with Crippen molar-refractivity contribution in [3.05, 3.63) is 148 Å². The van der Waals surface area contributed by atoms with Gasteiger partial charge in [0.05, 0.1) is 19.4 Å². The lowest BCUT2D eigenvalue weighted by Gasteiger charge is -2.29. The van der Waals surface area contributed by atoms with Gasteiger partial charge in [-0.3, -0.25) is 34.1 Å². The minimum Gasteiger partial charge on any atom is -0.508 e. The Morgan fingerprint density at radius 3 is 2.42 bits per heavy atom. The zero-order valence-corrected chi connectivity index (χ0v) is 35.3. The van der Waals surface area contributed by atoms with Crippen molar-refractivity contribution in [1.29, 1.82) is 0 Å². The predicted octanol–water partition coefficient (Wildman–Crippen LogP) is 5.30. The van der Waals surface area contributed by atoms with Crippen LogP contribution < -0.4 is 20.8 Å². The summed E-state index contributed by atoms with van der Waals surface area (Å²) >= 11 is 1.36. The van der Waals surface area contributed by atoms with Crippen molar-refractivity contribution in [1.82, 2.24) is 21.0 Å². The van der Waals surface area contributed by atoms with Gasteiger partial charge >= 0.3 is 0 Å². The van der Waals surface area contributed by atoms with Gasteiger partial charge in [-0.15, -0.1) is 11.3 Å². The molecular formula is C49H39N5O10S. The van der Waals surface area contributed by atoms with Gasteiger partial charge in [-0.1, -0.05) is 30.0 Å². The van der Waals surface area contributed by atoms with Crippen molar-refractivity contribution in [3.8, 4) is 39.5 Å². The number of amides is 5. The first-order valence-corrected chi connectivity index (χ1v) is 21.2. The van der Waals surface area contributed by atoms with E-state index in [2.05, 4.69) is 33.0 Å². The minimum atomic E-state index is -0.720. The molecule has 1 unspecified atom stereocenters. The number of phenolic OH excluding ortho intramolecular Hbond substituents is 2. The molecule has 16 heteroatoms. The van der Waals surface area contributed by atoms with Crippen LogP contribution in [-0.2, 0) is 25.7 Å². The highest BCUT2D eigenvalue weighted by Gasteiger charge is 2.39. The van der Waals surface area contributed by atoms with Gasteiger partial charge in [0.2, 0.25) is 17.7 Å². The van der Waals surface area contributed by atoms with Crippen LogP contribution in [0, 0.1) is 11.8 Å². The van der Waals surface area contributed by atoms with Gasteiger partial charge in [0.1, 0.15) is 36.5 Å². The summed E-state index contributed by atoms with van der Waals surface area (Å²) in [5, 5.41) is 29.6. The summed E-state index contributed by atoms with van der Waals surface area (Å²) in [6, 6.07) is 29.0. The molecule has 1 saturated heterocycles. The minimum absolute atomic E-state index is 0.0511. The zero-order valence-electron chi connectivity index (χ0n) is 34.5. The van der Waals surface area contributed by atoms with E-state index in [0.29, 0.717) is 55.0 Å². The van der Waals surface area contributed by atoms with Gasteiger partial charge in [-0.2, -0.15) is 5.10 Å². The van der Waals surface area contributed by atoms with Gasteiger partial charge in [0.15, 0.2) is 5.78 Å². The number of benzene rings is 5. The first kappa shape index (κ1) is 43.5. The summed E-state index contributed by atoms with van der Waals surface area (Å²) in [6.07, 6.45) is 1.91. The van der Waals surface area contributed by atoms with Crippen molar-refractivity contribution in [2.45, 2.75) is 25.4 Å². The molecule has 6 aromatic rings. The maximum atomic E-state index is 13.9. The number of phenols is 2. The second-order valence-electron chi connectivity index (χ2n) is 14.9. The van der Waals surface area contributed by atoms with Crippen molar-refractivity contribution in [2.24, 2.45) is 5.10 Å². The molecule has 1 atom stereocenters. The van der Waals surface area contributed by atoms with E-state index in [4.69, 9.17) is 9.47 Å². The Kier molecular flexibility index (Phi) is 13.1. The van der Waals surface area contributed by atoms with Gasteiger partial charge in [0, 0.05) is 55.7 Å². The van der Waals surface area contributed by atoms with E-state index >= 15 is 0 Å². The maximum absolute atomic E-state index is 13.9. The molecule has 0 radical (unpaired) electrons. The molecule has 1 aromatic heterocycles. The van der Waals surface area contributed by atoms with Crippen molar-refractivity contribution >= 4 is 63.0 Å². The number of carbonyl (C=O) groups is 6. The first-order valence-electron chi connectivity index (χ1n) is 20.4. The van der Waals surface area contributed by atoms with Crippen LogP contribution in [0.2, 0.25) is 0 Å². The summed E-state index contributed by atoms with van der Waals surface area (Å²) in [4.78, 5) is 78.2. The SMILES string of the molecule is O=C(COCCOc1ccc(C=NNC(=O)c2ccc(C(=O)c3c(-c4ccc(O)cc4)sc4cc(O)ccc34)cc2)cc1)NCC#Cc1cccc2c1CN(C1CCC(=O)NC1=O)C2=O. The number of carbonyl (C=O) groups excluding carboxylic acids is 6. The lowest BCUT2D eigenvalue weighted by atomic mass is 9.97. The van der Waals surface area contributed by atoms with E-state index < -0.39 is 17.9 Å². The molecule has 8 rings (SSSR count).